The van der Waals surface area contributed by atoms with Crippen LogP contribution in [0.25, 0.3) is 54.8 Å². The smallest absolute Gasteiger partial charge is 0.0515 e. The fourth-order valence-corrected chi connectivity index (χ4v) is 5.58. The van der Waals surface area contributed by atoms with Crippen LogP contribution in [0, 0.1) is 0 Å². The van der Waals surface area contributed by atoms with E-state index in [1.54, 1.807) is 6.08 Å². The van der Waals surface area contributed by atoms with Gasteiger partial charge >= 0.3 is 0 Å². The van der Waals surface area contributed by atoms with Crippen molar-refractivity contribution in [3.63, 3.8) is 0 Å². The number of pyridine rings is 1. The summed E-state index contributed by atoms with van der Waals surface area (Å²) in [6, 6.07) is 28.6. The number of nitrogens with one attached hydrogen (secondary N) is 1. The quantitative estimate of drug-likeness (QED) is 0.252. The van der Waals surface area contributed by atoms with Crippen LogP contribution in [0.3, 0.4) is 0 Å². The Morgan fingerprint density at radius 2 is 1.65 bits per heavy atom. The van der Waals surface area contributed by atoms with Crippen LogP contribution in [0.1, 0.15) is 0 Å². The Balaban J connectivity index is 1.49. The van der Waals surface area contributed by atoms with Gasteiger partial charge in [0.25, 0.3) is 0 Å². The molecule has 0 aliphatic carbocycles. The Morgan fingerprint density at radius 1 is 0.757 bits per heavy atom. The molecule has 0 atom stereocenters. The molecule has 1 aliphatic heterocycles. The van der Waals surface area contributed by atoms with Crippen molar-refractivity contribution in [1.29, 1.82) is 0 Å². The summed E-state index contributed by atoms with van der Waals surface area (Å²) in [5, 5.41) is 8.78. The summed E-state index contributed by atoms with van der Waals surface area (Å²) in [6.45, 7) is 4.53. The summed E-state index contributed by atoms with van der Waals surface area (Å²) in [5.74, 6) is 0. The van der Waals surface area contributed by atoms with Crippen molar-refractivity contribution in [2.75, 3.05) is 5.32 Å². The maximum Gasteiger partial charge on any atom is 0.0515 e. The molecule has 2 aromatic heterocycles. The van der Waals surface area contributed by atoms with E-state index >= 15 is 0 Å². The Bertz CT molecular complexity index is 1880. The number of aromatic nitrogens is 2. The summed E-state index contributed by atoms with van der Waals surface area (Å²) in [5.41, 5.74) is 9.56. The molecule has 3 heteroatoms. The predicted molar refractivity (Wildman–Crippen MR) is 157 cm³/mol. The lowest BCUT2D eigenvalue weighted by Crippen LogP contribution is -2.02. The molecule has 3 nitrogen and oxygen atoms in total. The maximum atomic E-state index is 4.34. The first-order valence-electron chi connectivity index (χ1n) is 12.6. The fraction of sp³-hybridized carbons (Fsp3) is 0.0294. The number of hydrogen-bond acceptors (Lipinski definition) is 2. The number of benzene rings is 4. The van der Waals surface area contributed by atoms with Crippen LogP contribution in [0.4, 0.5) is 11.4 Å². The van der Waals surface area contributed by atoms with E-state index in [-0.39, 0.29) is 0 Å². The Labute approximate surface area is 215 Å². The standard InChI is InChI=1S/C34H25N3/c1-2-3-4-5-6-18-37-32-16-15-24(25-12-9-17-35-22-25)19-28(32)29-20-27-26-13-7-10-23-11-8-14-30(34(23)26)36-31(27)21-33(29)37/h2-17,19-22,36H,1,18H2/b4-3-,6-5-. The minimum atomic E-state index is 0.776. The second-order valence-corrected chi connectivity index (χ2v) is 9.38. The third-order valence-electron chi connectivity index (χ3n) is 7.25. The van der Waals surface area contributed by atoms with Crippen molar-refractivity contribution in [2.24, 2.45) is 0 Å². The van der Waals surface area contributed by atoms with Gasteiger partial charge in [-0.25, -0.2) is 0 Å². The topological polar surface area (TPSA) is 29.9 Å². The summed E-state index contributed by atoms with van der Waals surface area (Å²) in [6.07, 6.45) is 13.8. The molecular formula is C34H25N3. The van der Waals surface area contributed by atoms with Crippen molar-refractivity contribution in [3.05, 3.63) is 128 Å². The van der Waals surface area contributed by atoms with Crippen LogP contribution in [0.2, 0.25) is 0 Å². The monoisotopic (exact) mass is 475 g/mol. The van der Waals surface area contributed by atoms with Crippen LogP contribution >= 0.6 is 0 Å². The third kappa shape index (κ3) is 3.47. The molecule has 4 aromatic carbocycles. The SMILES string of the molecule is C=C/C=C\C=C/Cn1c2ccc(-c3cccnc3)cc2c2cc3c(cc21)Nc1cccc2cccc-3c12. The molecule has 0 amide bonds. The van der Waals surface area contributed by atoms with E-state index < -0.39 is 0 Å². The van der Waals surface area contributed by atoms with E-state index in [0.717, 1.165) is 23.5 Å². The zero-order valence-corrected chi connectivity index (χ0v) is 20.4. The second kappa shape index (κ2) is 8.65. The average Bonchev–Trinajstić information content (AvgIpc) is 3.24. The molecule has 6 aromatic rings. The molecule has 176 valence electrons. The molecule has 7 rings (SSSR count). The van der Waals surface area contributed by atoms with Gasteiger partial charge < -0.3 is 9.88 Å². The molecule has 0 saturated carbocycles. The highest BCUT2D eigenvalue weighted by Crippen LogP contribution is 2.46. The van der Waals surface area contributed by atoms with Gasteiger partial charge in [-0.05, 0) is 52.9 Å². The maximum absolute atomic E-state index is 4.34. The molecule has 37 heavy (non-hydrogen) atoms. The van der Waals surface area contributed by atoms with Gasteiger partial charge in [-0.1, -0.05) is 79.4 Å². The van der Waals surface area contributed by atoms with Crippen LogP contribution in [-0.2, 0) is 6.54 Å². The summed E-state index contributed by atoms with van der Waals surface area (Å²) < 4.78 is 2.40. The third-order valence-corrected chi connectivity index (χ3v) is 7.25. The van der Waals surface area contributed by atoms with Gasteiger partial charge in [0.1, 0.15) is 0 Å². The molecule has 0 unspecified atom stereocenters. The molecule has 0 spiro atoms. The first-order valence-corrected chi connectivity index (χ1v) is 12.6. The summed E-state index contributed by atoms with van der Waals surface area (Å²) in [7, 11) is 0. The molecule has 1 N–H and O–H groups in total. The van der Waals surface area contributed by atoms with Crippen LogP contribution < -0.4 is 5.32 Å². The van der Waals surface area contributed by atoms with Crippen LogP contribution in [0.15, 0.2) is 128 Å². The highest BCUT2D eigenvalue weighted by molar-refractivity contribution is 6.17. The number of allylic oxidation sites excluding steroid dienone is 5. The lowest BCUT2D eigenvalue weighted by Gasteiger charge is -2.23. The van der Waals surface area contributed by atoms with E-state index in [9.17, 15) is 0 Å². The zero-order valence-electron chi connectivity index (χ0n) is 20.4. The lowest BCUT2D eigenvalue weighted by atomic mass is 9.91. The van der Waals surface area contributed by atoms with Crippen molar-refractivity contribution >= 4 is 44.0 Å². The average molecular weight is 476 g/mol. The van der Waals surface area contributed by atoms with Crippen molar-refractivity contribution in [3.8, 4) is 22.3 Å². The van der Waals surface area contributed by atoms with Gasteiger partial charge in [0, 0.05) is 63.1 Å². The minimum Gasteiger partial charge on any atom is -0.354 e. The van der Waals surface area contributed by atoms with Crippen molar-refractivity contribution in [2.45, 2.75) is 6.54 Å². The number of nitrogens with zero attached hydrogens (tertiary/aromatic N) is 2. The molecule has 0 saturated heterocycles. The molecule has 3 heterocycles. The van der Waals surface area contributed by atoms with Crippen molar-refractivity contribution in [1.82, 2.24) is 9.55 Å². The molecule has 0 bridgehead atoms. The molecule has 0 fully saturated rings. The Hall–Kier alpha value is -4.89. The highest BCUT2D eigenvalue weighted by atomic mass is 15.0. The molecule has 0 radical (unpaired) electrons. The van der Waals surface area contributed by atoms with E-state index in [1.807, 2.05) is 30.6 Å². The summed E-state index contributed by atoms with van der Waals surface area (Å²) in [4.78, 5) is 4.34. The van der Waals surface area contributed by atoms with E-state index in [0.29, 0.717) is 0 Å². The normalized spacial score (nSPS) is 12.5. The van der Waals surface area contributed by atoms with Crippen LogP contribution in [0.5, 0.6) is 0 Å². The largest absolute Gasteiger partial charge is 0.354 e. The van der Waals surface area contributed by atoms with Gasteiger partial charge in [-0.2, -0.15) is 0 Å². The first-order chi connectivity index (χ1) is 18.3. The first kappa shape index (κ1) is 21.4. The van der Waals surface area contributed by atoms with Gasteiger partial charge in [0.05, 0.1) is 5.52 Å². The lowest BCUT2D eigenvalue weighted by molar-refractivity contribution is 0.899. The number of rotatable bonds is 5. The van der Waals surface area contributed by atoms with Gasteiger partial charge in [0.2, 0.25) is 0 Å². The summed E-state index contributed by atoms with van der Waals surface area (Å²) >= 11 is 0. The Morgan fingerprint density at radius 3 is 2.51 bits per heavy atom. The molecule has 1 aliphatic rings. The number of hydrogen-bond donors (Lipinski definition) is 1. The van der Waals surface area contributed by atoms with E-state index in [4.69, 9.17) is 0 Å². The Kier molecular flexibility index (Phi) is 5.00. The fourth-order valence-electron chi connectivity index (χ4n) is 5.58. The predicted octanol–water partition coefficient (Wildman–Crippen LogP) is 9.03. The zero-order chi connectivity index (χ0) is 24.8. The highest BCUT2D eigenvalue weighted by Gasteiger charge is 2.21. The van der Waals surface area contributed by atoms with Gasteiger partial charge in [-0.3, -0.25) is 4.98 Å². The van der Waals surface area contributed by atoms with Gasteiger partial charge in [0.15, 0.2) is 0 Å². The minimum absolute atomic E-state index is 0.776. The van der Waals surface area contributed by atoms with E-state index in [1.165, 1.54) is 49.3 Å². The van der Waals surface area contributed by atoms with Crippen molar-refractivity contribution < 1.29 is 0 Å². The number of fused-ring (bicyclic) bond motifs is 5. The molecular weight excluding hydrogens is 450 g/mol. The van der Waals surface area contributed by atoms with Crippen LogP contribution in [-0.4, -0.2) is 9.55 Å². The number of anilines is 2. The van der Waals surface area contributed by atoms with E-state index in [2.05, 4.69) is 106 Å². The second-order valence-electron chi connectivity index (χ2n) is 9.38. The van der Waals surface area contributed by atoms with Gasteiger partial charge in [-0.15, -0.1) is 0 Å².